The van der Waals surface area contributed by atoms with Crippen molar-refractivity contribution in [3.05, 3.63) is 18.0 Å². The maximum atomic E-state index is 12.5. The van der Waals surface area contributed by atoms with Gasteiger partial charge in [0.1, 0.15) is 0 Å². The van der Waals surface area contributed by atoms with Gasteiger partial charge in [-0.15, -0.1) is 0 Å². The molecule has 6 nitrogen and oxygen atoms in total. The number of hydrogen-bond acceptors (Lipinski definition) is 4. The summed E-state index contributed by atoms with van der Waals surface area (Å²) in [6.07, 6.45) is 1.59. The SMILES string of the molecule is CCNCc1cc(S(=O)(=O)N2CCN(CC)CC2)c[nH]1. The summed E-state index contributed by atoms with van der Waals surface area (Å²) in [5.41, 5.74) is 0.901. The van der Waals surface area contributed by atoms with Crippen LogP contribution >= 0.6 is 0 Å². The van der Waals surface area contributed by atoms with Crippen molar-refractivity contribution in [3.63, 3.8) is 0 Å². The second kappa shape index (κ2) is 6.71. The molecule has 7 heteroatoms. The molecular formula is C13H24N4O2S. The minimum absolute atomic E-state index is 0.371. The van der Waals surface area contributed by atoms with Crippen molar-refractivity contribution in [1.29, 1.82) is 0 Å². The molecule has 0 amide bonds. The van der Waals surface area contributed by atoms with Gasteiger partial charge < -0.3 is 15.2 Å². The molecule has 1 aliphatic heterocycles. The van der Waals surface area contributed by atoms with E-state index in [2.05, 4.69) is 22.1 Å². The topological polar surface area (TPSA) is 68.4 Å². The van der Waals surface area contributed by atoms with Crippen LogP contribution in [0, 0.1) is 0 Å². The van der Waals surface area contributed by atoms with Gasteiger partial charge in [0, 0.05) is 44.6 Å². The Morgan fingerprint density at radius 3 is 2.55 bits per heavy atom. The lowest BCUT2D eigenvalue weighted by Gasteiger charge is -2.32. The highest BCUT2D eigenvalue weighted by Crippen LogP contribution is 2.18. The second-order valence-corrected chi connectivity index (χ2v) is 6.92. The van der Waals surface area contributed by atoms with E-state index in [4.69, 9.17) is 0 Å². The second-order valence-electron chi connectivity index (χ2n) is 4.98. The maximum absolute atomic E-state index is 12.5. The summed E-state index contributed by atoms with van der Waals surface area (Å²) in [5, 5.41) is 3.18. The van der Waals surface area contributed by atoms with Gasteiger partial charge >= 0.3 is 0 Å². The van der Waals surface area contributed by atoms with Gasteiger partial charge in [-0.25, -0.2) is 8.42 Å². The average molecular weight is 300 g/mol. The van der Waals surface area contributed by atoms with Gasteiger partial charge in [0.15, 0.2) is 0 Å². The summed E-state index contributed by atoms with van der Waals surface area (Å²) in [5.74, 6) is 0. The molecule has 0 aliphatic carbocycles. The number of nitrogens with zero attached hydrogens (tertiary/aromatic N) is 2. The van der Waals surface area contributed by atoms with Gasteiger partial charge in [0.25, 0.3) is 0 Å². The van der Waals surface area contributed by atoms with Crippen molar-refractivity contribution in [2.45, 2.75) is 25.3 Å². The smallest absolute Gasteiger partial charge is 0.244 e. The molecule has 20 heavy (non-hydrogen) atoms. The largest absolute Gasteiger partial charge is 0.363 e. The molecule has 1 saturated heterocycles. The molecule has 0 aromatic carbocycles. The minimum Gasteiger partial charge on any atom is -0.363 e. The number of aromatic amines is 1. The van der Waals surface area contributed by atoms with Crippen LogP contribution in [0.25, 0.3) is 0 Å². The molecule has 0 spiro atoms. The lowest BCUT2D eigenvalue weighted by Crippen LogP contribution is -2.48. The maximum Gasteiger partial charge on any atom is 0.244 e. The molecular weight excluding hydrogens is 276 g/mol. The van der Waals surface area contributed by atoms with E-state index >= 15 is 0 Å². The fourth-order valence-corrected chi connectivity index (χ4v) is 3.81. The highest BCUT2D eigenvalue weighted by Gasteiger charge is 2.28. The van der Waals surface area contributed by atoms with E-state index in [1.165, 1.54) is 0 Å². The van der Waals surface area contributed by atoms with Crippen LogP contribution in [0.1, 0.15) is 19.5 Å². The van der Waals surface area contributed by atoms with Crippen molar-refractivity contribution >= 4 is 10.0 Å². The zero-order chi connectivity index (χ0) is 14.6. The molecule has 0 bridgehead atoms. The van der Waals surface area contributed by atoms with Crippen molar-refractivity contribution < 1.29 is 8.42 Å². The lowest BCUT2D eigenvalue weighted by molar-refractivity contribution is 0.196. The Balaban J connectivity index is 2.04. The average Bonchev–Trinajstić information content (AvgIpc) is 2.94. The molecule has 1 fully saturated rings. The number of sulfonamides is 1. The van der Waals surface area contributed by atoms with Crippen molar-refractivity contribution in [2.75, 3.05) is 39.3 Å². The number of aromatic nitrogens is 1. The number of H-pyrrole nitrogens is 1. The highest BCUT2D eigenvalue weighted by atomic mass is 32.2. The fourth-order valence-electron chi connectivity index (χ4n) is 2.36. The molecule has 1 aromatic heterocycles. The van der Waals surface area contributed by atoms with Gasteiger partial charge in [-0.2, -0.15) is 4.31 Å². The molecule has 0 saturated carbocycles. The number of nitrogens with one attached hydrogen (secondary N) is 2. The number of hydrogen-bond donors (Lipinski definition) is 2. The van der Waals surface area contributed by atoms with Crippen LogP contribution in [0.15, 0.2) is 17.2 Å². The zero-order valence-corrected chi connectivity index (χ0v) is 13.0. The molecule has 2 N–H and O–H groups in total. The first-order valence-corrected chi connectivity index (χ1v) is 8.62. The van der Waals surface area contributed by atoms with Crippen LogP contribution in [0.4, 0.5) is 0 Å². The van der Waals surface area contributed by atoms with Gasteiger partial charge in [-0.1, -0.05) is 13.8 Å². The predicted octanol–water partition coefficient (Wildman–Crippen LogP) is 0.450. The Labute approximate surface area is 121 Å². The summed E-state index contributed by atoms with van der Waals surface area (Å²) < 4.78 is 26.7. The molecule has 114 valence electrons. The molecule has 0 atom stereocenters. The normalized spacial score (nSPS) is 18.5. The minimum atomic E-state index is -3.35. The predicted molar refractivity (Wildman–Crippen MR) is 79.0 cm³/mol. The van der Waals surface area contributed by atoms with Crippen molar-refractivity contribution in [3.8, 4) is 0 Å². The summed E-state index contributed by atoms with van der Waals surface area (Å²) in [6.45, 7) is 9.39. The third-order valence-electron chi connectivity index (χ3n) is 3.70. The van der Waals surface area contributed by atoms with E-state index < -0.39 is 10.0 Å². The van der Waals surface area contributed by atoms with Crippen LogP contribution in [0.3, 0.4) is 0 Å². The van der Waals surface area contributed by atoms with Crippen LogP contribution in [-0.4, -0.2) is 61.9 Å². The Morgan fingerprint density at radius 1 is 1.25 bits per heavy atom. The first kappa shape index (κ1) is 15.5. The summed E-state index contributed by atoms with van der Waals surface area (Å²) >= 11 is 0. The lowest BCUT2D eigenvalue weighted by atomic mass is 10.4. The third-order valence-corrected chi connectivity index (χ3v) is 5.57. The van der Waals surface area contributed by atoms with E-state index in [1.807, 2.05) is 6.92 Å². The molecule has 0 radical (unpaired) electrons. The quantitative estimate of drug-likeness (QED) is 0.800. The monoisotopic (exact) mass is 300 g/mol. The number of piperazine rings is 1. The summed E-state index contributed by atoms with van der Waals surface area (Å²) in [7, 11) is -3.35. The van der Waals surface area contributed by atoms with Crippen molar-refractivity contribution in [2.24, 2.45) is 0 Å². The number of likely N-dealkylation sites (N-methyl/N-ethyl adjacent to an activating group) is 1. The van der Waals surface area contributed by atoms with E-state index in [0.29, 0.717) is 24.5 Å². The van der Waals surface area contributed by atoms with Gasteiger partial charge in [0.05, 0.1) is 4.90 Å². The zero-order valence-electron chi connectivity index (χ0n) is 12.2. The molecule has 0 unspecified atom stereocenters. The van der Waals surface area contributed by atoms with E-state index in [1.54, 1.807) is 16.6 Å². The van der Waals surface area contributed by atoms with Crippen LogP contribution < -0.4 is 5.32 Å². The first-order chi connectivity index (χ1) is 9.57. The molecule has 1 aliphatic rings. The van der Waals surface area contributed by atoms with E-state index in [-0.39, 0.29) is 0 Å². The first-order valence-electron chi connectivity index (χ1n) is 7.18. The van der Waals surface area contributed by atoms with Crippen LogP contribution in [-0.2, 0) is 16.6 Å². The molecule has 1 aromatic rings. The Bertz CT molecular complexity index is 518. The summed E-state index contributed by atoms with van der Waals surface area (Å²) in [6, 6.07) is 1.73. The highest BCUT2D eigenvalue weighted by molar-refractivity contribution is 7.89. The van der Waals surface area contributed by atoms with Gasteiger partial charge in [-0.05, 0) is 19.2 Å². The number of rotatable bonds is 6. The van der Waals surface area contributed by atoms with Gasteiger partial charge in [0.2, 0.25) is 10.0 Å². The summed E-state index contributed by atoms with van der Waals surface area (Å²) in [4.78, 5) is 5.66. The fraction of sp³-hybridized carbons (Fsp3) is 0.692. The third kappa shape index (κ3) is 3.41. The van der Waals surface area contributed by atoms with Crippen LogP contribution in [0.2, 0.25) is 0 Å². The molecule has 2 heterocycles. The van der Waals surface area contributed by atoms with Crippen LogP contribution in [0.5, 0.6) is 0 Å². The van der Waals surface area contributed by atoms with E-state index in [0.717, 1.165) is 31.9 Å². The Morgan fingerprint density at radius 2 is 1.95 bits per heavy atom. The van der Waals surface area contributed by atoms with E-state index in [9.17, 15) is 8.42 Å². The van der Waals surface area contributed by atoms with Crippen molar-refractivity contribution in [1.82, 2.24) is 19.5 Å². The molecule has 2 rings (SSSR count). The Kier molecular flexibility index (Phi) is 5.20. The van der Waals surface area contributed by atoms with Gasteiger partial charge in [-0.3, -0.25) is 0 Å². The Hall–Kier alpha value is -0.890. The standard InChI is InChI=1S/C13H24N4O2S/c1-3-14-10-12-9-13(11-15-12)20(18,19)17-7-5-16(4-2)6-8-17/h9,11,14-15H,3-8,10H2,1-2H3.